The zero-order valence-corrected chi connectivity index (χ0v) is 11.3. The third-order valence-corrected chi connectivity index (χ3v) is 4.66. The molecule has 18 heavy (non-hydrogen) atoms. The molecule has 0 radical (unpaired) electrons. The lowest BCUT2D eigenvalue weighted by atomic mass is 10.1. The minimum absolute atomic E-state index is 0.176. The normalized spacial score (nSPS) is 23.6. The molecule has 1 aliphatic heterocycles. The Morgan fingerprint density at radius 1 is 1.39 bits per heavy atom. The van der Waals surface area contributed by atoms with Crippen molar-refractivity contribution in [3.05, 3.63) is 28.8 Å². The summed E-state index contributed by atoms with van der Waals surface area (Å²) in [5.74, 6) is 0.432. The highest BCUT2D eigenvalue weighted by atomic mass is 35.5. The van der Waals surface area contributed by atoms with Gasteiger partial charge in [0.2, 0.25) is 0 Å². The maximum absolute atomic E-state index is 11.2. The lowest BCUT2D eigenvalue weighted by Gasteiger charge is -2.24. The van der Waals surface area contributed by atoms with Crippen molar-refractivity contribution in [2.45, 2.75) is 18.9 Å². The van der Waals surface area contributed by atoms with Crippen LogP contribution in [0.4, 0.5) is 5.69 Å². The van der Waals surface area contributed by atoms with Gasteiger partial charge in [-0.3, -0.25) is 4.21 Å². The fourth-order valence-corrected chi connectivity index (χ4v) is 3.46. The molecule has 1 aliphatic rings. The molecule has 2 rings (SSSR count). The molecule has 2 N–H and O–H groups in total. The third-order valence-electron chi connectivity index (χ3n) is 2.96. The fourth-order valence-electron chi connectivity index (χ4n) is 1.92. The second kappa shape index (κ2) is 5.71. The van der Waals surface area contributed by atoms with Gasteiger partial charge in [-0.05, 0) is 31.0 Å². The van der Waals surface area contributed by atoms with Crippen LogP contribution in [0.25, 0.3) is 0 Å². The first-order valence-electron chi connectivity index (χ1n) is 5.70. The standard InChI is InChI=1S/C12H14ClNO3S/c13-10-7-8(12(15)16)1-2-11(10)14-9-3-5-18(17)6-4-9/h1-2,7,9,14H,3-6H2,(H,15,16). The zero-order valence-electron chi connectivity index (χ0n) is 9.69. The summed E-state index contributed by atoms with van der Waals surface area (Å²) in [6.45, 7) is 0. The van der Waals surface area contributed by atoms with Gasteiger partial charge in [-0.15, -0.1) is 0 Å². The van der Waals surface area contributed by atoms with E-state index in [1.807, 2.05) is 0 Å². The smallest absolute Gasteiger partial charge is 0.335 e. The molecule has 0 aliphatic carbocycles. The molecule has 6 heteroatoms. The van der Waals surface area contributed by atoms with Crippen molar-refractivity contribution in [2.24, 2.45) is 0 Å². The maximum atomic E-state index is 11.2. The van der Waals surface area contributed by atoms with Gasteiger partial charge >= 0.3 is 5.97 Å². The molecule has 0 spiro atoms. The first-order chi connectivity index (χ1) is 8.56. The number of carboxylic acids is 1. The number of nitrogens with one attached hydrogen (secondary N) is 1. The van der Waals surface area contributed by atoms with Gasteiger partial charge in [-0.1, -0.05) is 11.6 Å². The van der Waals surface area contributed by atoms with E-state index in [1.165, 1.54) is 12.1 Å². The van der Waals surface area contributed by atoms with Crippen LogP contribution in [-0.4, -0.2) is 32.8 Å². The first kappa shape index (κ1) is 13.4. The number of hydrogen-bond acceptors (Lipinski definition) is 3. The van der Waals surface area contributed by atoms with Crippen LogP contribution >= 0.6 is 11.6 Å². The Bertz CT molecular complexity index is 482. The van der Waals surface area contributed by atoms with Crippen molar-refractivity contribution >= 4 is 34.1 Å². The number of benzene rings is 1. The third kappa shape index (κ3) is 3.23. The summed E-state index contributed by atoms with van der Waals surface area (Å²) in [5.41, 5.74) is 0.912. The molecule has 0 aromatic heterocycles. The largest absolute Gasteiger partial charge is 0.478 e. The van der Waals surface area contributed by atoms with Gasteiger partial charge in [0, 0.05) is 28.3 Å². The van der Waals surface area contributed by atoms with E-state index in [4.69, 9.17) is 16.7 Å². The van der Waals surface area contributed by atoms with E-state index >= 15 is 0 Å². The minimum Gasteiger partial charge on any atom is -0.478 e. The van der Waals surface area contributed by atoms with E-state index in [-0.39, 0.29) is 11.6 Å². The number of carbonyl (C=O) groups is 1. The number of rotatable bonds is 3. The van der Waals surface area contributed by atoms with Crippen LogP contribution in [0.5, 0.6) is 0 Å². The van der Waals surface area contributed by atoms with E-state index < -0.39 is 16.8 Å². The van der Waals surface area contributed by atoms with Crippen LogP contribution in [0.3, 0.4) is 0 Å². The average Bonchev–Trinajstić information content (AvgIpc) is 2.34. The molecule has 1 fully saturated rings. The number of halogens is 1. The highest BCUT2D eigenvalue weighted by Crippen LogP contribution is 2.25. The molecule has 1 aromatic carbocycles. The lowest BCUT2D eigenvalue weighted by Crippen LogP contribution is -2.29. The molecule has 0 bridgehead atoms. The number of anilines is 1. The Morgan fingerprint density at radius 3 is 2.61 bits per heavy atom. The van der Waals surface area contributed by atoms with Crippen molar-refractivity contribution in [1.82, 2.24) is 0 Å². The second-order valence-corrected chi connectivity index (χ2v) is 6.37. The van der Waals surface area contributed by atoms with Gasteiger partial charge in [0.05, 0.1) is 16.3 Å². The highest BCUT2D eigenvalue weighted by molar-refractivity contribution is 7.85. The molecular weight excluding hydrogens is 274 g/mol. The molecule has 1 heterocycles. The molecule has 0 amide bonds. The number of hydrogen-bond donors (Lipinski definition) is 2. The summed E-state index contributed by atoms with van der Waals surface area (Å²) in [5, 5.41) is 12.5. The van der Waals surface area contributed by atoms with Gasteiger partial charge < -0.3 is 10.4 Å². The summed E-state index contributed by atoms with van der Waals surface area (Å²) in [7, 11) is -0.685. The number of carboxylic acid groups (broad SMARTS) is 1. The fraction of sp³-hybridized carbons (Fsp3) is 0.417. The molecule has 0 atom stereocenters. The molecule has 0 saturated carbocycles. The second-order valence-electron chi connectivity index (χ2n) is 4.27. The molecule has 98 valence electrons. The molecule has 4 nitrogen and oxygen atoms in total. The van der Waals surface area contributed by atoms with E-state index in [0.717, 1.165) is 18.5 Å². The summed E-state index contributed by atoms with van der Waals surface area (Å²) in [6.07, 6.45) is 1.70. The summed E-state index contributed by atoms with van der Waals surface area (Å²) >= 11 is 6.04. The van der Waals surface area contributed by atoms with Crippen LogP contribution in [0, 0.1) is 0 Å². The Balaban J connectivity index is 2.05. The van der Waals surface area contributed by atoms with Crippen LogP contribution in [-0.2, 0) is 10.8 Å². The quantitative estimate of drug-likeness (QED) is 0.896. The van der Waals surface area contributed by atoms with Crippen LogP contribution in [0.1, 0.15) is 23.2 Å². The van der Waals surface area contributed by atoms with E-state index in [9.17, 15) is 9.00 Å². The summed E-state index contributed by atoms with van der Waals surface area (Å²) < 4.78 is 11.2. The van der Waals surface area contributed by atoms with Crippen molar-refractivity contribution in [3.63, 3.8) is 0 Å². The Labute approximate surface area is 113 Å². The summed E-state index contributed by atoms with van der Waals surface area (Å²) in [4.78, 5) is 10.8. The summed E-state index contributed by atoms with van der Waals surface area (Å²) in [6, 6.07) is 4.90. The van der Waals surface area contributed by atoms with Crippen LogP contribution < -0.4 is 5.32 Å². The van der Waals surface area contributed by atoms with Crippen molar-refractivity contribution in [3.8, 4) is 0 Å². The van der Waals surface area contributed by atoms with Crippen molar-refractivity contribution in [1.29, 1.82) is 0 Å². The average molecular weight is 288 g/mol. The minimum atomic E-state index is -0.989. The SMILES string of the molecule is O=C(O)c1ccc(NC2CCS(=O)CC2)c(Cl)c1. The Hall–Kier alpha value is -1.07. The van der Waals surface area contributed by atoms with Gasteiger partial charge in [0.25, 0.3) is 0 Å². The van der Waals surface area contributed by atoms with Crippen LogP contribution in [0.15, 0.2) is 18.2 Å². The molecule has 0 unspecified atom stereocenters. The molecule has 1 aromatic rings. The Kier molecular flexibility index (Phi) is 4.24. The van der Waals surface area contributed by atoms with Crippen LogP contribution in [0.2, 0.25) is 5.02 Å². The van der Waals surface area contributed by atoms with E-state index in [2.05, 4.69) is 5.32 Å². The topological polar surface area (TPSA) is 66.4 Å². The van der Waals surface area contributed by atoms with Gasteiger partial charge in [-0.25, -0.2) is 4.79 Å². The number of aromatic carboxylic acids is 1. The van der Waals surface area contributed by atoms with Gasteiger partial charge in [-0.2, -0.15) is 0 Å². The first-order valence-corrected chi connectivity index (χ1v) is 7.57. The van der Waals surface area contributed by atoms with E-state index in [1.54, 1.807) is 6.07 Å². The van der Waals surface area contributed by atoms with Gasteiger partial charge in [0.15, 0.2) is 0 Å². The van der Waals surface area contributed by atoms with Crippen molar-refractivity contribution in [2.75, 3.05) is 16.8 Å². The predicted octanol–water partition coefficient (Wildman–Crippen LogP) is 2.36. The Morgan fingerprint density at radius 2 is 2.06 bits per heavy atom. The molecule has 1 saturated heterocycles. The molecular formula is C12H14ClNO3S. The van der Waals surface area contributed by atoms with Crippen molar-refractivity contribution < 1.29 is 14.1 Å². The highest BCUT2D eigenvalue weighted by Gasteiger charge is 2.18. The zero-order chi connectivity index (χ0) is 13.1. The monoisotopic (exact) mass is 287 g/mol. The van der Waals surface area contributed by atoms with Gasteiger partial charge in [0.1, 0.15) is 0 Å². The lowest BCUT2D eigenvalue weighted by molar-refractivity contribution is 0.0697. The maximum Gasteiger partial charge on any atom is 0.335 e. The van der Waals surface area contributed by atoms with E-state index in [0.29, 0.717) is 16.5 Å². The predicted molar refractivity (Wildman–Crippen MR) is 72.9 cm³/mol.